The average molecular weight is 499 g/mol. The Balaban J connectivity index is 1.44. The van der Waals surface area contributed by atoms with Gasteiger partial charge >= 0.3 is 6.18 Å². The van der Waals surface area contributed by atoms with Crippen LogP contribution in [0.3, 0.4) is 0 Å². The Labute approximate surface area is 192 Å². The lowest BCUT2D eigenvalue weighted by atomic mass is 10.1. The number of carbonyl (C=O) groups is 1. The van der Waals surface area contributed by atoms with E-state index < -0.39 is 26.7 Å². The van der Waals surface area contributed by atoms with Crippen molar-refractivity contribution < 1.29 is 26.4 Å². The van der Waals surface area contributed by atoms with Crippen LogP contribution >= 0.6 is 11.6 Å². The second-order valence-corrected chi connectivity index (χ2v) is 9.77. The highest BCUT2D eigenvalue weighted by Crippen LogP contribution is 2.31. The summed E-state index contributed by atoms with van der Waals surface area (Å²) in [7, 11) is -4.13. The molecular weight excluding hydrogens is 481 g/mol. The number of piperazine rings is 1. The van der Waals surface area contributed by atoms with Crippen LogP contribution in [0, 0.1) is 0 Å². The molecule has 1 aliphatic heterocycles. The summed E-state index contributed by atoms with van der Waals surface area (Å²) in [5.41, 5.74) is 0.465. The molecule has 174 valence electrons. The molecule has 7 nitrogen and oxygen atoms in total. The molecule has 1 aromatic heterocycles. The third-order valence-electron chi connectivity index (χ3n) is 5.25. The van der Waals surface area contributed by atoms with Crippen molar-refractivity contribution in [2.45, 2.75) is 11.1 Å². The minimum atomic E-state index is -4.65. The van der Waals surface area contributed by atoms with Gasteiger partial charge in [0.25, 0.3) is 5.91 Å². The summed E-state index contributed by atoms with van der Waals surface area (Å²) >= 11 is 5.99. The highest BCUT2D eigenvalue weighted by Gasteiger charge is 2.34. The fourth-order valence-electron chi connectivity index (χ4n) is 3.51. The molecule has 1 N–H and O–H groups in total. The van der Waals surface area contributed by atoms with Crippen LogP contribution in [0.15, 0.2) is 59.5 Å². The van der Waals surface area contributed by atoms with E-state index in [4.69, 9.17) is 11.6 Å². The topological polar surface area (TPSA) is 86.4 Å². The van der Waals surface area contributed by atoms with Crippen LogP contribution in [0.25, 0.3) is 11.3 Å². The van der Waals surface area contributed by atoms with Crippen LogP contribution < -0.4 is 0 Å². The summed E-state index contributed by atoms with van der Waals surface area (Å²) in [6.07, 6.45) is -4.65. The summed E-state index contributed by atoms with van der Waals surface area (Å²) in [4.78, 5) is 13.9. The normalized spacial score (nSPS) is 15.6. The van der Waals surface area contributed by atoms with Crippen molar-refractivity contribution >= 4 is 27.5 Å². The standard InChI is InChI=1S/C21H18ClF3N4O3S/c22-16-5-1-3-14(11-16)18-13-19(27-26-18)20(30)28-7-9-29(10-8-28)33(31,32)17-6-2-4-15(12-17)21(23,24)25/h1-6,11-13H,7-10H2,(H,26,27). The number of H-pyrrole nitrogens is 1. The number of aromatic nitrogens is 2. The lowest BCUT2D eigenvalue weighted by molar-refractivity contribution is -0.137. The van der Waals surface area contributed by atoms with Crippen molar-refractivity contribution in [2.75, 3.05) is 26.2 Å². The fourth-order valence-corrected chi connectivity index (χ4v) is 5.17. The van der Waals surface area contributed by atoms with Gasteiger partial charge in [-0.05, 0) is 36.4 Å². The summed E-state index contributed by atoms with van der Waals surface area (Å²) in [6, 6.07) is 12.2. The fraction of sp³-hybridized carbons (Fsp3) is 0.238. The zero-order chi connectivity index (χ0) is 23.8. The van der Waals surface area contributed by atoms with Gasteiger partial charge < -0.3 is 4.90 Å². The minimum absolute atomic E-state index is 0.0421. The van der Waals surface area contributed by atoms with E-state index in [-0.39, 0.29) is 37.8 Å². The average Bonchev–Trinajstić information content (AvgIpc) is 3.29. The number of alkyl halides is 3. The number of carbonyl (C=O) groups excluding carboxylic acids is 1. The van der Waals surface area contributed by atoms with Crippen molar-refractivity contribution in [2.24, 2.45) is 0 Å². The van der Waals surface area contributed by atoms with E-state index in [1.807, 2.05) is 0 Å². The Morgan fingerprint density at radius 3 is 2.36 bits per heavy atom. The quantitative estimate of drug-likeness (QED) is 0.591. The van der Waals surface area contributed by atoms with Crippen molar-refractivity contribution in [3.05, 3.63) is 70.9 Å². The van der Waals surface area contributed by atoms with Gasteiger partial charge in [0.1, 0.15) is 5.69 Å². The molecule has 0 unspecified atom stereocenters. The molecule has 0 aliphatic carbocycles. The second kappa shape index (κ2) is 8.81. The first-order valence-corrected chi connectivity index (χ1v) is 11.7. The minimum Gasteiger partial charge on any atom is -0.335 e. The number of rotatable bonds is 4. The van der Waals surface area contributed by atoms with Crippen LogP contribution in [0.2, 0.25) is 5.02 Å². The second-order valence-electron chi connectivity index (χ2n) is 7.40. The number of nitrogens with zero attached hydrogens (tertiary/aromatic N) is 3. The third kappa shape index (κ3) is 4.90. The number of halogens is 4. The Morgan fingerprint density at radius 1 is 1.00 bits per heavy atom. The monoisotopic (exact) mass is 498 g/mol. The molecule has 33 heavy (non-hydrogen) atoms. The van der Waals surface area contributed by atoms with Crippen molar-refractivity contribution in [1.29, 1.82) is 0 Å². The molecule has 0 spiro atoms. The molecule has 1 amide bonds. The predicted molar refractivity (Wildman–Crippen MR) is 115 cm³/mol. The third-order valence-corrected chi connectivity index (χ3v) is 7.38. The number of aromatic amines is 1. The molecular formula is C21H18ClF3N4O3S. The maximum absolute atomic E-state index is 13.0. The lowest BCUT2D eigenvalue weighted by Crippen LogP contribution is -2.50. The van der Waals surface area contributed by atoms with E-state index in [9.17, 15) is 26.4 Å². The summed E-state index contributed by atoms with van der Waals surface area (Å²) in [5, 5.41) is 7.35. The summed E-state index contributed by atoms with van der Waals surface area (Å²) < 4.78 is 65.6. The highest BCUT2D eigenvalue weighted by atomic mass is 35.5. The molecule has 1 saturated heterocycles. The van der Waals surface area contributed by atoms with Crippen LogP contribution in [-0.4, -0.2) is 59.9 Å². The maximum Gasteiger partial charge on any atom is 0.416 e. The molecule has 0 saturated carbocycles. The molecule has 3 aromatic rings. The molecule has 2 heterocycles. The van der Waals surface area contributed by atoms with Gasteiger partial charge in [-0.25, -0.2) is 8.42 Å². The van der Waals surface area contributed by atoms with Crippen LogP contribution in [0.4, 0.5) is 13.2 Å². The highest BCUT2D eigenvalue weighted by molar-refractivity contribution is 7.89. The first-order chi connectivity index (χ1) is 15.6. The Kier molecular flexibility index (Phi) is 6.21. The van der Waals surface area contributed by atoms with Crippen LogP contribution in [0.1, 0.15) is 16.1 Å². The van der Waals surface area contributed by atoms with Gasteiger partial charge in [0.05, 0.1) is 16.2 Å². The number of benzene rings is 2. The largest absolute Gasteiger partial charge is 0.416 e. The van der Waals surface area contributed by atoms with E-state index in [2.05, 4.69) is 10.2 Å². The van der Waals surface area contributed by atoms with Crippen molar-refractivity contribution in [3.8, 4) is 11.3 Å². The molecule has 4 rings (SSSR count). The molecule has 0 radical (unpaired) electrons. The number of sulfonamides is 1. The molecule has 0 bridgehead atoms. The van der Waals surface area contributed by atoms with Crippen molar-refractivity contribution in [1.82, 2.24) is 19.4 Å². The van der Waals surface area contributed by atoms with Gasteiger partial charge in [-0.3, -0.25) is 9.89 Å². The van der Waals surface area contributed by atoms with Crippen molar-refractivity contribution in [3.63, 3.8) is 0 Å². The van der Waals surface area contributed by atoms with E-state index in [1.165, 1.54) is 4.90 Å². The molecule has 1 aliphatic rings. The number of hydrogen-bond donors (Lipinski definition) is 1. The summed E-state index contributed by atoms with van der Waals surface area (Å²) in [6.45, 7) is 0.0876. The number of hydrogen-bond acceptors (Lipinski definition) is 4. The zero-order valence-corrected chi connectivity index (χ0v) is 18.6. The van der Waals surface area contributed by atoms with Gasteiger partial charge in [-0.1, -0.05) is 29.8 Å². The number of nitrogens with one attached hydrogen (secondary N) is 1. The van der Waals surface area contributed by atoms with Crippen LogP contribution in [-0.2, 0) is 16.2 Å². The maximum atomic E-state index is 13.0. The Bertz CT molecular complexity index is 1290. The van der Waals surface area contributed by atoms with Gasteiger partial charge in [-0.2, -0.15) is 22.6 Å². The van der Waals surface area contributed by atoms with E-state index in [0.29, 0.717) is 16.8 Å². The van der Waals surface area contributed by atoms with E-state index >= 15 is 0 Å². The Morgan fingerprint density at radius 2 is 1.70 bits per heavy atom. The first-order valence-electron chi connectivity index (χ1n) is 9.84. The SMILES string of the molecule is O=C(c1cc(-c2cccc(Cl)c2)n[nH]1)N1CCN(S(=O)(=O)c2cccc(C(F)(F)F)c2)CC1. The smallest absolute Gasteiger partial charge is 0.335 e. The molecule has 2 aromatic carbocycles. The van der Waals surface area contributed by atoms with Crippen LogP contribution in [0.5, 0.6) is 0 Å². The molecule has 1 fully saturated rings. The van der Waals surface area contributed by atoms with E-state index in [0.717, 1.165) is 28.1 Å². The van der Waals surface area contributed by atoms with E-state index in [1.54, 1.807) is 30.3 Å². The lowest BCUT2D eigenvalue weighted by Gasteiger charge is -2.33. The molecule has 0 atom stereocenters. The van der Waals surface area contributed by atoms with Gasteiger partial charge in [0.15, 0.2) is 0 Å². The van der Waals surface area contributed by atoms with Gasteiger partial charge in [0.2, 0.25) is 10.0 Å². The Hall–Kier alpha value is -2.89. The zero-order valence-electron chi connectivity index (χ0n) is 17.0. The number of amides is 1. The van der Waals surface area contributed by atoms with Gasteiger partial charge in [-0.15, -0.1) is 0 Å². The predicted octanol–water partition coefficient (Wildman–Crippen LogP) is 3.90. The first kappa shape index (κ1) is 23.3. The molecule has 12 heteroatoms. The van der Waals surface area contributed by atoms with Gasteiger partial charge in [0, 0.05) is 36.8 Å². The summed E-state index contributed by atoms with van der Waals surface area (Å²) in [5.74, 6) is -0.355.